The zero-order valence-electron chi connectivity index (χ0n) is 13.6. The van der Waals surface area contributed by atoms with Gasteiger partial charge in [-0.25, -0.2) is 0 Å². The fourth-order valence-electron chi connectivity index (χ4n) is 2.05. The average Bonchev–Trinajstić information content (AvgIpc) is 3.12. The Hall–Kier alpha value is -2.08. The first-order valence-electron chi connectivity index (χ1n) is 7.64. The predicted molar refractivity (Wildman–Crippen MR) is 85.2 cm³/mol. The van der Waals surface area contributed by atoms with Crippen LogP contribution in [0.2, 0.25) is 0 Å². The highest BCUT2D eigenvalue weighted by Gasteiger charge is 2.16. The summed E-state index contributed by atoms with van der Waals surface area (Å²) in [5.41, 5.74) is 1.81. The van der Waals surface area contributed by atoms with Gasteiger partial charge in [0.15, 0.2) is 5.76 Å². The topological polar surface area (TPSA) is 83.0 Å². The summed E-state index contributed by atoms with van der Waals surface area (Å²) in [6, 6.07) is 3.74. The lowest BCUT2D eigenvalue weighted by Crippen LogP contribution is -2.45. The number of carbonyl (C=O) groups excluding carboxylic acids is 1. The van der Waals surface area contributed by atoms with Crippen LogP contribution in [0.4, 0.5) is 0 Å². The van der Waals surface area contributed by atoms with Crippen LogP contribution >= 0.6 is 0 Å². The predicted octanol–water partition coefficient (Wildman–Crippen LogP) is 2.37. The van der Waals surface area contributed by atoms with E-state index in [9.17, 15) is 4.79 Å². The van der Waals surface area contributed by atoms with Crippen molar-refractivity contribution in [1.82, 2.24) is 20.8 Å². The first-order valence-corrected chi connectivity index (χ1v) is 7.64. The monoisotopic (exact) mass is 304 g/mol. The molecule has 0 aromatic carbocycles. The first-order chi connectivity index (χ1) is 10.5. The molecule has 0 fully saturated rings. The summed E-state index contributed by atoms with van der Waals surface area (Å²) in [4.78, 5) is 12.0. The van der Waals surface area contributed by atoms with Crippen LogP contribution in [-0.2, 0) is 11.3 Å². The zero-order chi connectivity index (χ0) is 16.1. The van der Waals surface area contributed by atoms with Crippen LogP contribution in [0.5, 0.6) is 0 Å². The molecule has 0 aliphatic heterocycles. The molecule has 6 heteroatoms. The van der Waals surface area contributed by atoms with E-state index in [1.54, 1.807) is 6.20 Å². The van der Waals surface area contributed by atoms with E-state index in [-0.39, 0.29) is 18.0 Å². The highest BCUT2D eigenvalue weighted by atomic mass is 16.3. The van der Waals surface area contributed by atoms with E-state index in [1.165, 1.54) is 0 Å². The van der Waals surface area contributed by atoms with Gasteiger partial charge in [0.2, 0.25) is 5.91 Å². The van der Waals surface area contributed by atoms with Crippen molar-refractivity contribution in [2.45, 2.75) is 52.7 Å². The van der Waals surface area contributed by atoms with E-state index in [0.717, 1.165) is 29.2 Å². The van der Waals surface area contributed by atoms with Gasteiger partial charge in [0.25, 0.3) is 0 Å². The van der Waals surface area contributed by atoms with Crippen molar-refractivity contribution in [1.29, 1.82) is 0 Å². The van der Waals surface area contributed by atoms with Gasteiger partial charge in [-0.15, -0.1) is 0 Å². The third-order valence-electron chi connectivity index (χ3n) is 3.70. The summed E-state index contributed by atoms with van der Waals surface area (Å²) in [5.74, 6) is 1.61. The van der Waals surface area contributed by atoms with E-state index < -0.39 is 0 Å². The third kappa shape index (κ3) is 3.98. The molecule has 120 valence electrons. The number of nitrogens with zero attached hydrogens (tertiary/aromatic N) is 1. The standard InChI is InChI=1S/C16H24N4O2/c1-5-10(2)19-16(21)12(4)17-8-13-9-18-20-15(13)14-7-6-11(3)22-14/h6-7,9-10,12,17H,5,8H2,1-4H3,(H,18,20)(H,19,21). The van der Waals surface area contributed by atoms with Crippen molar-refractivity contribution >= 4 is 5.91 Å². The lowest BCUT2D eigenvalue weighted by atomic mass is 10.2. The van der Waals surface area contributed by atoms with Crippen molar-refractivity contribution in [2.75, 3.05) is 0 Å². The van der Waals surface area contributed by atoms with Crippen LogP contribution in [0.1, 0.15) is 38.5 Å². The molecule has 0 saturated carbocycles. The smallest absolute Gasteiger partial charge is 0.237 e. The van der Waals surface area contributed by atoms with Crippen LogP contribution < -0.4 is 10.6 Å². The van der Waals surface area contributed by atoms with Crippen LogP contribution in [0.15, 0.2) is 22.7 Å². The Morgan fingerprint density at radius 1 is 1.41 bits per heavy atom. The molecular formula is C16H24N4O2. The summed E-state index contributed by atoms with van der Waals surface area (Å²) in [5, 5.41) is 13.2. The van der Waals surface area contributed by atoms with Crippen LogP contribution in [0, 0.1) is 6.92 Å². The maximum Gasteiger partial charge on any atom is 0.237 e. The van der Waals surface area contributed by atoms with E-state index in [2.05, 4.69) is 20.8 Å². The number of amides is 1. The minimum absolute atomic E-state index is 0.00763. The van der Waals surface area contributed by atoms with Crippen LogP contribution in [-0.4, -0.2) is 28.2 Å². The van der Waals surface area contributed by atoms with Gasteiger partial charge in [0, 0.05) is 18.2 Å². The van der Waals surface area contributed by atoms with Gasteiger partial charge in [0.1, 0.15) is 11.5 Å². The maximum absolute atomic E-state index is 12.0. The molecule has 6 nitrogen and oxygen atoms in total. The second-order valence-electron chi connectivity index (χ2n) is 5.60. The van der Waals surface area contributed by atoms with Crippen molar-refractivity contribution in [2.24, 2.45) is 0 Å². The lowest BCUT2D eigenvalue weighted by molar-refractivity contribution is -0.123. The molecule has 2 rings (SSSR count). The Morgan fingerprint density at radius 2 is 2.18 bits per heavy atom. The average molecular weight is 304 g/mol. The molecule has 0 saturated heterocycles. The molecule has 2 aromatic heterocycles. The second kappa shape index (κ2) is 7.26. The number of aromatic nitrogens is 2. The normalized spacial score (nSPS) is 13.8. The Bertz CT molecular complexity index is 617. The van der Waals surface area contributed by atoms with Crippen molar-refractivity contribution in [3.05, 3.63) is 29.7 Å². The minimum atomic E-state index is -0.268. The molecule has 0 spiro atoms. The number of hydrogen-bond acceptors (Lipinski definition) is 4. The molecule has 0 aliphatic carbocycles. The Morgan fingerprint density at radius 3 is 2.82 bits per heavy atom. The molecule has 0 bridgehead atoms. The van der Waals surface area contributed by atoms with Gasteiger partial charge in [0.05, 0.1) is 12.2 Å². The van der Waals surface area contributed by atoms with E-state index >= 15 is 0 Å². The lowest BCUT2D eigenvalue weighted by Gasteiger charge is -2.17. The summed E-state index contributed by atoms with van der Waals surface area (Å²) in [7, 11) is 0. The highest BCUT2D eigenvalue weighted by Crippen LogP contribution is 2.23. The molecule has 2 aromatic rings. The molecule has 3 N–H and O–H groups in total. The van der Waals surface area contributed by atoms with Gasteiger partial charge in [-0.1, -0.05) is 6.92 Å². The quantitative estimate of drug-likeness (QED) is 0.733. The summed E-state index contributed by atoms with van der Waals surface area (Å²) < 4.78 is 5.61. The summed E-state index contributed by atoms with van der Waals surface area (Å²) in [6.45, 7) is 8.35. The first kappa shape index (κ1) is 16.3. The Kier molecular flexibility index (Phi) is 5.38. The molecular weight excluding hydrogens is 280 g/mol. The second-order valence-corrected chi connectivity index (χ2v) is 5.60. The Balaban J connectivity index is 1.95. The third-order valence-corrected chi connectivity index (χ3v) is 3.70. The molecule has 2 atom stereocenters. The van der Waals surface area contributed by atoms with Crippen molar-refractivity contribution < 1.29 is 9.21 Å². The van der Waals surface area contributed by atoms with Crippen LogP contribution in [0.3, 0.4) is 0 Å². The molecule has 22 heavy (non-hydrogen) atoms. The van der Waals surface area contributed by atoms with E-state index in [0.29, 0.717) is 6.54 Å². The number of carbonyl (C=O) groups is 1. The van der Waals surface area contributed by atoms with Gasteiger partial charge in [-0.3, -0.25) is 9.89 Å². The van der Waals surface area contributed by atoms with Crippen molar-refractivity contribution in [3.8, 4) is 11.5 Å². The molecule has 0 aliphatic rings. The van der Waals surface area contributed by atoms with Gasteiger partial charge >= 0.3 is 0 Å². The molecule has 0 radical (unpaired) electrons. The molecule has 1 amide bonds. The maximum atomic E-state index is 12.0. The molecule has 2 unspecified atom stereocenters. The summed E-state index contributed by atoms with van der Waals surface area (Å²) >= 11 is 0. The number of aryl methyl sites for hydroxylation is 1. The number of rotatable bonds is 7. The van der Waals surface area contributed by atoms with E-state index in [4.69, 9.17) is 4.42 Å². The number of hydrogen-bond donors (Lipinski definition) is 3. The highest BCUT2D eigenvalue weighted by molar-refractivity contribution is 5.81. The minimum Gasteiger partial charge on any atom is -0.460 e. The van der Waals surface area contributed by atoms with Gasteiger partial charge < -0.3 is 15.1 Å². The van der Waals surface area contributed by atoms with Gasteiger partial charge in [-0.05, 0) is 39.3 Å². The summed E-state index contributed by atoms with van der Waals surface area (Å²) in [6.07, 6.45) is 2.67. The van der Waals surface area contributed by atoms with Gasteiger partial charge in [-0.2, -0.15) is 5.10 Å². The number of H-pyrrole nitrogens is 1. The van der Waals surface area contributed by atoms with Crippen LogP contribution in [0.25, 0.3) is 11.5 Å². The number of aromatic amines is 1. The van der Waals surface area contributed by atoms with E-state index in [1.807, 2.05) is 39.8 Å². The largest absolute Gasteiger partial charge is 0.460 e. The fourth-order valence-corrected chi connectivity index (χ4v) is 2.05. The Labute approximate surface area is 130 Å². The fraction of sp³-hybridized carbons (Fsp3) is 0.500. The SMILES string of the molecule is CCC(C)NC(=O)C(C)NCc1cn[nH]c1-c1ccc(C)o1. The number of nitrogens with one attached hydrogen (secondary N) is 3. The van der Waals surface area contributed by atoms with Crippen molar-refractivity contribution in [3.63, 3.8) is 0 Å². The number of furan rings is 1. The zero-order valence-corrected chi connectivity index (χ0v) is 13.6. The molecule has 2 heterocycles.